The van der Waals surface area contributed by atoms with E-state index in [0.717, 1.165) is 57.8 Å². The molecular weight excluding hydrogens is 428 g/mol. The number of hydrogen-bond acceptors (Lipinski definition) is 3. The number of rotatable bonds is 4. The van der Waals surface area contributed by atoms with Crippen LogP contribution in [0.1, 0.15) is 41.1 Å². The fourth-order valence-electron chi connectivity index (χ4n) is 4.14. The van der Waals surface area contributed by atoms with Crippen LogP contribution in [0.4, 0.5) is 11.4 Å². The van der Waals surface area contributed by atoms with Crippen molar-refractivity contribution in [1.29, 1.82) is 0 Å². The zero-order valence-electron chi connectivity index (χ0n) is 15.9. The Hall–Kier alpha value is -2.79. The first-order valence-corrected chi connectivity index (χ1v) is 10.7. The smallest absolute Gasteiger partial charge is 0.256 e. The largest absolute Gasteiger partial charge is 0.461 e. The number of para-hydroxylation sites is 1. The van der Waals surface area contributed by atoms with E-state index in [4.69, 9.17) is 4.42 Å². The lowest BCUT2D eigenvalue weighted by Crippen LogP contribution is -2.06. The molecule has 2 aromatic carbocycles. The lowest BCUT2D eigenvalue weighted by atomic mass is 9.94. The van der Waals surface area contributed by atoms with Crippen LogP contribution >= 0.6 is 15.9 Å². The van der Waals surface area contributed by atoms with Gasteiger partial charge in [-0.15, -0.1) is 0 Å². The van der Waals surface area contributed by atoms with Gasteiger partial charge in [-0.1, -0.05) is 34.1 Å². The van der Waals surface area contributed by atoms with Crippen LogP contribution in [-0.4, -0.2) is 5.91 Å². The zero-order valence-corrected chi connectivity index (χ0v) is 17.5. The van der Waals surface area contributed by atoms with Gasteiger partial charge in [0.05, 0.1) is 5.57 Å². The van der Waals surface area contributed by atoms with Crippen molar-refractivity contribution in [3.63, 3.8) is 0 Å². The molecule has 1 aromatic heterocycles. The molecule has 5 heteroatoms. The summed E-state index contributed by atoms with van der Waals surface area (Å²) in [6.07, 6.45) is 6.23. The molecule has 0 saturated carbocycles. The van der Waals surface area contributed by atoms with E-state index in [1.807, 2.05) is 42.5 Å². The van der Waals surface area contributed by atoms with Crippen molar-refractivity contribution in [3.05, 3.63) is 81.2 Å². The fraction of sp³-hybridized carbons (Fsp3) is 0.208. The molecule has 1 amide bonds. The minimum Gasteiger partial charge on any atom is -0.461 e. The van der Waals surface area contributed by atoms with Crippen LogP contribution in [0.3, 0.4) is 0 Å². The van der Waals surface area contributed by atoms with Gasteiger partial charge in [0, 0.05) is 39.9 Å². The first kappa shape index (κ1) is 18.3. The highest BCUT2D eigenvalue weighted by Crippen LogP contribution is 2.38. The number of carbonyl (C=O) groups excluding carboxylic acids is 1. The number of halogens is 1. The molecule has 29 heavy (non-hydrogen) atoms. The number of amides is 1. The summed E-state index contributed by atoms with van der Waals surface area (Å²) in [6.45, 7) is 0.676. The van der Waals surface area contributed by atoms with Gasteiger partial charge < -0.3 is 15.1 Å². The van der Waals surface area contributed by atoms with E-state index in [-0.39, 0.29) is 5.91 Å². The van der Waals surface area contributed by atoms with Crippen molar-refractivity contribution in [1.82, 2.24) is 0 Å². The summed E-state index contributed by atoms with van der Waals surface area (Å²) in [5.74, 6) is 1.77. The molecule has 0 spiro atoms. The van der Waals surface area contributed by atoms with Crippen molar-refractivity contribution in [2.24, 2.45) is 0 Å². The second-order valence-corrected chi connectivity index (χ2v) is 8.39. The van der Waals surface area contributed by atoms with Crippen molar-refractivity contribution >= 4 is 44.9 Å². The summed E-state index contributed by atoms with van der Waals surface area (Å²) in [6, 6.07) is 16.0. The van der Waals surface area contributed by atoms with Gasteiger partial charge in [0.25, 0.3) is 5.91 Å². The third-order valence-corrected chi connectivity index (χ3v) is 6.09. The van der Waals surface area contributed by atoms with Gasteiger partial charge in [0.15, 0.2) is 0 Å². The standard InChI is InChI=1S/C24H21BrN2O2/c25-15-10-11-21-18(12-15)19(24(28)27-21)13-23-20(14-26-16-6-2-1-3-7-16)17-8-4-5-9-22(17)29-23/h1-3,6-7,10-13,26H,4-5,8-9,14H2,(H,27,28). The molecule has 0 fully saturated rings. The Bertz CT molecular complexity index is 1120. The maximum atomic E-state index is 12.6. The number of aryl methyl sites for hydroxylation is 1. The first-order chi connectivity index (χ1) is 14.2. The summed E-state index contributed by atoms with van der Waals surface area (Å²) >= 11 is 3.51. The average Bonchev–Trinajstić information content (AvgIpc) is 3.24. The van der Waals surface area contributed by atoms with E-state index in [1.165, 1.54) is 12.0 Å². The van der Waals surface area contributed by atoms with Crippen molar-refractivity contribution < 1.29 is 9.21 Å². The normalized spacial score (nSPS) is 16.4. The van der Waals surface area contributed by atoms with Gasteiger partial charge in [-0.25, -0.2) is 0 Å². The number of furan rings is 1. The van der Waals surface area contributed by atoms with Gasteiger partial charge >= 0.3 is 0 Å². The number of hydrogen-bond donors (Lipinski definition) is 2. The molecule has 0 atom stereocenters. The predicted octanol–water partition coefficient (Wildman–Crippen LogP) is 6.03. The van der Waals surface area contributed by atoms with E-state index in [9.17, 15) is 4.79 Å². The quantitative estimate of drug-likeness (QED) is 0.479. The molecule has 0 unspecified atom stereocenters. The van der Waals surface area contributed by atoms with Crippen LogP contribution in [0.25, 0.3) is 11.6 Å². The summed E-state index contributed by atoms with van der Waals surface area (Å²) < 4.78 is 7.22. The molecule has 146 valence electrons. The first-order valence-electron chi connectivity index (χ1n) is 9.94. The molecular formula is C24H21BrN2O2. The maximum Gasteiger partial charge on any atom is 0.256 e. The Kier molecular flexibility index (Phi) is 4.76. The third kappa shape index (κ3) is 3.51. The highest BCUT2D eigenvalue weighted by Gasteiger charge is 2.27. The van der Waals surface area contributed by atoms with E-state index in [1.54, 1.807) is 0 Å². The molecule has 4 nitrogen and oxygen atoms in total. The average molecular weight is 449 g/mol. The number of carbonyl (C=O) groups is 1. The molecule has 0 radical (unpaired) electrons. The van der Waals surface area contributed by atoms with E-state index in [2.05, 4.69) is 38.7 Å². The van der Waals surface area contributed by atoms with Crippen molar-refractivity contribution in [2.75, 3.05) is 10.6 Å². The van der Waals surface area contributed by atoms with Gasteiger partial charge in [-0.2, -0.15) is 0 Å². The van der Waals surface area contributed by atoms with Gasteiger partial charge in [0.2, 0.25) is 0 Å². The third-order valence-electron chi connectivity index (χ3n) is 5.60. The van der Waals surface area contributed by atoms with Gasteiger partial charge in [-0.3, -0.25) is 4.79 Å². The topological polar surface area (TPSA) is 54.3 Å². The number of fused-ring (bicyclic) bond motifs is 2. The maximum absolute atomic E-state index is 12.6. The van der Waals surface area contributed by atoms with Crippen LogP contribution in [-0.2, 0) is 24.2 Å². The lowest BCUT2D eigenvalue weighted by Gasteiger charge is -2.12. The van der Waals surface area contributed by atoms with E-state index < -0.39 is 0 Å². The Morgan fingerprint density at radius 2 is 1.93 bits per heavy atom. The van der Waals surface area contributed by atoms with Crippen LogP contribution in [0.15, 0.2) is 57.4 Å². The van der Waals surface area contributed by atoms with Crippen LogP contribution < -0.4 is 10.6 Å². The summed E-state index contributed by atoms with van der Waals surface area (Å²) in [5, 5.41) is 6.45. The summed E-state index contributed by atoms with van der Waals surface area (Å²) in [4.78, 5) is 12.6. The molecule has 5 rings (SSSR count). The van der Waals surface area contributed by atoms with Crippen LogP contribution in [0.2, 0.25) is 0 Å². The van der Waals surface area contributed by atoms with E-state index >= 15 is 0 Å². The SMILES string of the molecule is O=C1Nc2ccc(Br)cc2C1=Cc1oc2c(c1CNc1ccccc1)CCCC2. The Balaban J connectivity index is 1.55. The number of nitrogens with one attached hydrogen (secondary N) is 2. The minimum absolute atomic E-state index is 0.0885. The fourth-order valence-corrected chi connectivity index (χ4v) is 4.51. The Labute approximate surface area is 178 Å². The molecule has 0 bridgehead atoms. The van der Waals surface area contributed by atoms with Crippen molar-refractivity contribution in [3.8, 4) is 0 Å². The molecule has 0 saturated heterocycles. The van der Waals surface area contributed by atoms with Gasteiger partial charge in [-0.05, 0) is 61.2 Å². The lowest BCUT2D eigenvalue weighted by molar-refractivity contribution is -0.110. The molecule has 2 N–H and O–H groups in total. The second-order valence-electron chi connectivity index (χ2n) is 7.48. The minimum atomic E-state index is -0.0885. The zero-order chi connectivity index (χ0) is 19.8. The molecule has 2 heterocycles. The van der Waals surface area contributed by atoms with Crippen LogP contribution in [0, 0.1) is 0 Å². The number of anilines is 2. The highest BCUT2D eigenvalue weighted by atomic mass is 79.9. The monoisotopic (exact) mass is 448 g/mol. The summed E-state index contributed by atoms with van der Waals surface area (Å²) in [7, 11) is 0. The molecule has 2 aliphatic rings. The van der Waals surface area contributed by atoms with E-state index in [0.29, 0.717) is 12.1 Å². The summed E-state index contributed by atoms with van der Waals surface area (Å²) in [5.41, 5.74) is 5.93. The number of benzene rings is 2. The predicted molar refractivity (Wildman–Crippen MR) is 120 cm³/mol. The van der Waals surface area contributed by atoms with Crippen LogP contribution in [0.5, 0.6) is 0 Å². The second kappa shape index (κ2) is 7.56. The Morgan fingerprint density at radius 3 is 2.79 bits per heavy atom. The molecule has 1 aliphatic heterocycles. The Morgan fingerprint density at radius 1 is 1.10 bits per heavy atom. The molecule has 1 aliphatic carbocycles. The molecule has 3 aromatic rings. The van der Waals surface area contributed by atoms with Gasteiger partial charge in [0.1, 0.15) is 11.5 Å². The van der Waals surface area contributed by atoms with Crippen molar-refractivity contribution in [2.45, 2.75) is 32.2 Å². The highest BCUT2D eigenvalue weighted by molar-refractivity contribution is 9.10.